The molecule has 0 unspecified atom stereocenters. The van der Waals surface area contributed by atoms with E-state index < -0.39 is 41.9 Å². The van der Waals surface area contributed by atoms with Crippen LogP contribution in [0, 0.1) is 12.9 Å². The molecule has 10 nitrogen and oxygen atoms in total. The molecule has 0 radical (unpaired) electrons. The number of carbonyl (C=O) groups is 3. The summed E-state index contributed by atoms with van der Waals surface area (Å²) in [5.41, 5.74) is 3.26. The number of hydrogen-bond donors (Lipinski definition) is 3. The van der Waals surface area contributed by atoms with E-state index in [0.717, 1.165) is 4.68 Å². The van der Waals surface area contributed by atoms with Gasteiger partial charge >= 0.3 is 6.18 Å². The molecule has 0 atom stereocenters. The topological polar surface area (TPSA) is 127 Å². The van der Waals surface area contributed by atoms with Crippen molar-refractivity contribution in [3.05, 3.63) is 75.6 Å². The molecule has 2 heterocycles. The SMILES string of the molecule is CNNC(=O)c1cc(Cl)cc(C)c1NC(=O)c1cc(C(F)(F)F)nn1Cc1cccnc1F.COC=O. The quantitative estimate of drug-likeness (QED) is 0.180. The summed E-state index contributed by atoms with van der Waals surface area (Å²) in [5.74, 6) is -2.54. The predicted octanol–water partition coefficient (Wildman–Crippen LogP) is 3.35. The van der Waals surface area contributed by atoms with Crippen LogP contribution >= 0.6 is 11.6 Å². The van der Waals surface area contributed by atoms with E-state index in [2.05, 4.69) is 31.0 Å². The third kappa shape index (κ3) is 7.72. The number of amides is 2. The minimum atomic E-state index is -4.85. The molecule has 3 N–H and O–H groups in total. The van der Waals surface area contributed by atoms with Gasteiger partial charge < -0.3 is 10.1 Å². The number of hydrazine groups is 1. The third-order valence-electron chi connectivity index (χ3n) is 4.58. The molecule has 0 saturated heterocycles. The van der Waals surface area contributed by atoms with Crippen LogP contribution in [0.4, 0.5) is 23.2 Å². The van der Waals surface area contributed by atoms with Crippen LogP contribution in [-0.2, 0) is 22.3 Å². The first kappa shape index (κ1) is 29.2. The van der Waals surface area contributed by atoms with Crippen molar-refractivity contribution >= 4 is 35.6 Å². The minimum Gasteiger partial charge on any atom is -0.471 e. The summed E-state index contributed by atoms with van der Waals surface area (Å²) in [6.45, 7) is 1.45. The van der Waals surface area contributed by atoms with Crippen LogP contribution in [0.2, 0.25) is 5.02 Å². The Morgan fingerprint density at radius 2 is 1.89 bits per heavy atom. The van der Waals surface area contributed by atoms with Gasteiger partial charge in [-0.05, 0) is 30.7 Å². The van der Waals surface area contributed by atoms with E-state index in [9.17, 15) is 27.2 Å². The molecular weight excluding hydrogens is 524 g/mol. The zero-order valence-corrected chi connectivity index (χ0v) is 20.4. The number of rotatable bonds is 7. The number of ether oxygens (including phenoxy) is 1. The lowest BCUT2D eigenvalue weighted by Crippen LogP contribution is -2.35. The molecule has 198 valence electrons. The van der Waals surface area contributed by atoms with Gasteiger partial charge in [0.25, 0.3) is 18.3 Å². The molecule has 2 amide bonds. The lowest BCUT2D eigenvalue weighted by Gasteiger charge is -2.15. The highest BCUT2D eigenvalue weighted by molar-refractivity contribution is 6.31. The molecule has 3 aromatic rings. The number of benzene rings is 1. The second kappa shape index (κ2) is 12.8. The molecule has 0 aliphatic heterocycles. The fourth-order valence-corrected chi connectivity index (χ4v) is 3.28. The molecule has 0 aliphatic carbocycles. The van der Waals surface area contributed by atoms with E-state index in [1.54, 1.807) is 6.92 Å². The first-order chi connectivity index (χ1) is 17.4. The van der Waals surface area contributed by atoms with Crippen LogP contribution in [-0.4, -0.2) is 47.2 Å². The first-order valence-corrected chi connectivity index (χ1v) is 10.6. The van der Waals surface area contributed by atoms with Crippen LogP contribution in [0.1, 0.15) is 37.7 Å². The van der Waals surface area contributed by atoms with E-state index >= 15 is 0 Å². The first-order valence-electron chi connectivity index (χ1n) is 10.2. The van der Waals surface area contributed by atoms with Crippen molar-refractivity contribution in [2.45, 2.75) is 19.6 Å². The van der Waals surface area contributed by atoms with Crippen molar-refractivity contribution in [3.63, 3.8) is 0 Å². The van der Waals surface area contributed by atoms with Crippen molar-refractivity contribution in [2.24, 2.45) is 0 Å². The van der Waals surface area contributed by atoms with Crippen molar-refractivity contribution < 1.29 is 36.7 Å². The van der Waals surface area contributed by atoms with E-state index in [4.69, 9.17) is 16.4 Å². The number of aromatic nitrogens is 3. The van der Waals surface area contributed by atoms with E-state index in [1.807, 2.05) is 0 Å². The average molecular weight is 545 g/mol. The maximum Gasteiger partial charge on any atom is 0.435 e. The van der Waals surface area contributed by atoms with Gasteiger partial charge in [-0.2, -0.15) is 22.7 Å². The Hall–Kier alpha value is -4.04. The number of alkyl halides is 3. The van der Waals surface area contributed by atoms with Gasteiger partial charge in [0.2, 0.25) is 5.95 Å². The summed E-state index contributed by atoms with van der Waals surface area (Å²) >= 11 is 6.01. The number of hydrogen-bond acceptors (Lipinski definition) is 7. The number of anilines is 1. The Kier molecular flexibility index (Phi) is 10.1. The van der Waals surface area contributed by atoms with Gasteiger partial charge in [0.1, 0.15) is 5.69 Å². The monoisotopic (exact) mass is 544 g/mol. The summed E-state index contributed by atoms with van der Waals surface area (Å²) in [6, 6.07) is 6.01. The molecular formula is C22H21ClF4N6O4. The smallest absolute Gasteiger partial charge is 0.435 e. The fraction of sp³-hybridized carbons (Fsp3) is 0.227. The van der Waals surface area contributed by atoms with Gasteiger partial charge in [-0.3, -0.25) is 24.5 Å². The van der Waals surface area contributed by atoms with Crippen LogP contribution in [0.25, 0.3) is 0 Å². The maximum atomic E-state index is 14.0. The van der Waals surface area contributed by atoms with E-state index in [-0.39, 0.29) is 21.8 Å². The van der Waals surface area contributed by atoms with Crippen LogP contribution in [0.5, 0.6) is 0 Å². The highest BCUT2D eigenvalue weighted by Gasteiger charge is 2.36. The standard InChI is InChI=1S/C20H17ClF4N6O2.C2H4O2/c1-10-6-12(21)7-13(18(32)29-26-2)16(10)28-19(33)14-8-15(20(23,24)25)30-31(14)9-11-4-3-5-27-17(11)22;1-4-2-3/h3-8,26H,9H2,1-2H3,(H,28,33)(H,29,32);2H,1H3. The van der Waals surface area contributed by atoms with Crippen LogP contribution in [0.15, 0.2) is 36.5 Å². The van der Waals surface area contributed by atoms with Crippen LogP contribution < -0.4 is 16.2 Å². The molecule has 3 rings (SSSR count). The molecule has 0 saturated carbocycles. The molecule has 0 aliphatic rings. The molecule has 0 fully saturated rings. The fourth-order valence-electron chi connectivity index (χ4n) is 3.00. The molecule has 37 heavy (non-hydrogen) atoms. The number of carbonyl (C=O) groups excluding carboxylic acids is 3. The van der Waals surface area contributed by atoms with Crippen molar-refractivity contribution in [3.8, 4) is 0 Å². The Morgan fingerprint density at radius 3 is 2.46 bits per heavy atom. The summed E-state index contributed by atoms with van der Waals surface area (Å²) < 4.78 is 58.4. The molecule has 0 spiro atoms. The number of halogens is 5. The van der Waals surface area contributed by atoms with Gasteiger partial charge in [0.15, 0.2) is 5.69 Å². The van der Waals surface area contributed by atoms with E-state index in [1.165, 1.54) is 44.6 Å². The minimum absolute atomic E-state index is 0.0249. The molecule has 0 bridgehead atoms. The molecule has 1 aromatic carbocycles. The van der Waals surface area contributed by atoms with Crippen molar-refractivity contribution in [1.29, 1.82) is 0 Å². The van der Waals surface area contributed by atoms with Crippen molar-refractivity contribution in [1.82, 2.24) is 25.6 Å². The number of nitrogens with one attached hydrogen (secondary N) is 3. The zero-order valence-electron chi connectivity index (χ0n) is 19.6. The summed E-state index contributed by atoms with van der Waals surface area (Å²) in [6.07, 6.45) is -3.67. The highest BCUT2D eigenvalue weighted by Crippen LogP contribution is 2.30. The van der Waals surface area contributed by atoms with Crippen LogP contribution in [0.3, 0.4) is 0 Å². The maximum absolute atomic E-state index is 14.0. The second-order valence-corrected chi connectivity index (χ2v) is 7.60. The number of aryl methyl sites for hydroxylation is 1. The summed E-state index contributed by atoms with van der Waals surface area (Å²) in [5, 5.41) is 6.08. The highest BCUT2D eigenvalue weighted by atomic mass is 35.5. The largest absolute Gasteiger partial charge is 0.471 e. The van der Waals surface area contributed by atoms with Gasteiger partial charge in [-0.15, -0.1) is 0 Å². The number of methoxy groups -OCH3 is 1. The summed E-state index contributed by atoms with van der Waals surface area (Å²) in [4.78, 5) is 37.8. The Labute approximate surface area is 212 Å². The third-order valence-corrected chi connectivity index (χ3v) is 4.80. The van der Waals surface area contributed by atoms with Crippen molar-refractivity contribution in [2.75, 3.05) is 19.5 Å². The lowest BCUT2D eigenvalue weighted by atomic mass is 10.1. The number of nitrogens with zero attached hydrogens (tertiary/aromatic N) is 3. The van der Waals surface area contributed by atoms with Gasteiger partial charge in [0, 0.05) is 29.9 Å². The van der Waals surface area contributed by atoms with Gasteiger partial charge in [0.05, 0.1) is 24.9 Å². The molecule has 15 heteroatoms. The Morgan fingerprint density at radius 1 is 1.22 bits per heavy atom. The average Bonchev–Trinajstić information content (AvgIpc) is 3.27. The molecule has 2 aromatic heterocycles. The Balaban J connectivity index is 0.00000112. The zero-order chi connectivity index (χ0) is 27.8. The second-order valence-electron chi connectivity index (χ2n) is 7.16. The normalized spacial score (nSPS) is 10.7. The lowest BCUT2D eigenvalue weighted by molar-refractivity contribution is -0.141. The van der Waals surface area contributed by atoms with Gasteiger partial charge in [-0.1, -0.05) is 17.7 Å². The predicted molar refractivity (Wildman–Crippen MR) is 124 cm³/mol. The Bertz CT molecular complexity index is 1280. The summed E-state index contributed by atoms with van der Waals surface area (Å²) in [7, 11) is 2.76. The number of pyridine rings is 1. The van der Waals surface area contributed by atoms with Gasteiger partial charge in [-0.25, -0.2) is 10.4 Å². The van der Waals surface area contributed by atoms with E-state index in [0.29, 0.717) is 18.1 Å².